The van der Waals surface area contributed by atoms with Crippen LogP contribution in [-0.2, 0) is 9.53 Å². The minimum atomic E-state index is -0.359. The molecule has 0 radical (unpaired) electrons. The third kappa shape index (κ3) is 3.83. The average Bonchev–Trinajstić information content (AvgIpc) is 2.32. The molecule has 1 fully saturated rings. The summed E-state index contributed by atoms with van der Waals surface area (Å²) in [6.45, 7) is 9.11. The highest BCUT2D eigenvalue weighted by atomic mass is 35.5. The zero-order valence-corrected chi connectivity index (χ0v) is 13.6. The van der Waals surface area contributed by atoms with Gasteiger partial charge in [0.25, 0.3) is 0 Å². The Balaban J connectivity index is 0.00000324. The van der Waals surface area contributed by atoms with E-state index >= 15 is 0 Å². The lowest BCUT2D eigenvalue weighted by Gasteiger charge is -2.55. The number of hydrogen-bond acceptors (Lipinski definition) is 3. The highest BCUT2D eigenvalue weighted by Crippen LogP contribution is 2.45. The molecule has 2 N–H and O–H groups in total. The molecule has 1 rings (SSSR count). The van der Waals surface area contributed by atoms with Gasteiger partial charge in [-0.1, -0.05) is 27.2 Å². The minimum Gasteiger partial charge on any atom is -0.378 e. The fraction of sp³-hybridized carbons (Fsp3) is 0.929. The molecule has 0 aromatic carbocycles. The number of amides is 1. The number of halogens is 1. The SMILES string of the molecule is CCCC(N)C(=O)N(C)C1CC(OCC)C1(C)C.Cl. The first-order valence-electron chi connectivity index (χ1n) is 7.00. The highest BCUT2D eigenvalue weighted by molar-refractivity contribution is 5.85. The van der Waals surface area contributed by atoms with Crippen molar-refractivity contribution < 1.29 is 9.53 Å². The molecule has 0 aromatic heterocycles. The summed E-state index contributed by atoms with van der Waals surface area (Å²) in [7, 11) is 1.87. The molecular formula is C14H29ClN2O2. The maximum absolute atomic E-state index is 12.2. The number of nitrogens with zero attached hydrogens (tertiary/aromatic N) is 1. The van der Waals surface area contributed by atoms with E-state index in [0.29, 0.717) is 0 Å². The summed E-state index contributed by atoms with van der Waals surface area (Å²) < 4.78 is 5.69. The summed E-state index contributed by atoms with van der Waals surface area (Å²) in [4.78, 5) is 14.0. The predicted octanol–water partition coefficient (Wildman–Crippen LogP) is 2.20. The van der Waals surface area contributed by atoms with Crippen molar-refractivity contribution in [3.05, 3.63) is 0 Å². The van der Waals surface area contributed by atoms with E-state index in [2.05, 4.69) is 13.8 Å². The van der Waals surface area contributed by atoms with Crippen molar-refractivity contribution in [2.75, 3.05) is 13.7 Å². The molecule has 0 aliphatic heterocycles. The molecule has 0 spiro atoms. The Morgan fingerprint density at radius 3 is 2.47 bits per heavy atom. The monoisotopic (exact) mass is 292 g/mol. The Kier molecular flexibility index (Phi) is 7.33. The van der Waals surface area contributed by atoms with Crippen molar-refractivity contribution in [1.82, 2.24) is 4.90 Å². The van der Waals surface area contributed by atoms with Gasteiger partial charge >= 0.3 is 0 Å². The van der Waals surface area contributed by atoms with Gasteiger partial charge in [0.05, 0.1) is 12.1 Å². The van der Waals surface area contributed by atoms with E-state index in [4.69, 9.17) is 10.5 Å². The van der Waals surface area contributed by atoms with Gasteiger partial charge in [-0.25, -0.2) is 0 Å². The van der Waals surface area contributed by atoms with Crippen molar-refractivity contribution in [1.29, 1.82) is 0 Å². The number of hydrogen-bond donors (Lipinski definition) is 1. The van der Waals surface area contributed by atoms with Crippen LogP contribution in [0.15, 0.2) is 0 Å². The average molecular weight is 293 g/mol. The molecule has 1 aliphatic rings. The largest absolute Gasteiger partial charge is 0.378 e. The maximum atomic E-state index is 12.2. The van der Waals surface area contributed by atoms with Crippen LogP contribution in [0.25, 0.3) is 0 Å². The van der Waals surface area contributed by atoms with Crippen LogP contribution >= 0.6 is 12.4 Å². The molecule has 1 aliphatic carbocycles. The predicted molar refractivity (Wildman–Crippen MR) is 80.5 cm³/mol. The van der Waals surface area contributed by atoms with Crippen LogP contribution in [-0.4, -0.2) is 42.6 Å². The van der Waals surface area contributed by atoms with E-state index < -0.39 is 0 Å². The van der Waals surface area contributed by atoms with Gasteiger partial charge in [-0.3, -0.25) is 4.79 Å². The zero-order chi connectivity index (χ0) is 13.9. The van der Waals surface area contributed by atoms with Crippen LogP contribution in [0.2, 0.25) is 0 Å². The van der Waals surface area contributed by atoms with Gasteiger partial charge in [0.15, 0.2) is 0 Å². The second-order valence-electron chi connectivity index (χ2n) is 5.86. The molecular weight excluding hydrogens is 264 g/mol. The van der Waals surface area contributed by atoms with E-state index in [9.17, 15) is 4.79 Å². The molecule has 1 amide bonds. The lowest BCUT2D eigenvalue weighted by atomic mass is 9.63. The molecule has 1 saturated carbocycles. The number of ether oxygens (including phenoxy) is 1. The second-order valence-corrected chi connectivity index (χ2v) is 5.86. The van der Waals surface area contributed by atoms with Crippen LogP contribution in [0.3, 0.4) is 0 Å². The van der Waals surface area contributed by atoms with Gasteiger partial charge in [0, 0.05) is 25.1 Å². The van der Waals surface area contributed by atoms with E-state index in [1.54, 1.807) is 0 Å². The third-order valence-electron chi connectivity index (χ3n) is 4.23. The molecule has 0 heterocycles. The molecule has 5 heteroatoms. The van der Waals surface area contributed by atoms with E-state index in [1.165, 1.54) is 0 Å². The standard InChI is InChI=1S/C14H28N2O2.ClH/c1-6-8-10(15)13(17)16(5)11-9-12(18-7-2)14(11,3)4;/h10-12H,6-9,15H2,1-5H3;1H. The molecule has 3 unspecified atom stereocenters. The molecule has 4 nitrogen and oxygen atoms in total. The summed E-state index contributed by atoms with van der Waals surface area (Å²) in [5.41, 5.74) is 5.92. The Hall–Kier alpha value is -0.320. The van der Waals surface area contributed by atoms with E-state index in [-0.39, 0.29) is 41.9 Å². The van der Waals surface area contributed by atoms with Gasteiger partial charge in [0.1, 0.15) is 0 Å². The fourth-order valence-corrected chi connectivity index (χ4v) is 2.86. The fourth-order valence-electron chi connectivity index (χ4n) is 2.86. The molecule has 0 aromatic rings. The quantitative estimate of drug-likeness (QED) is 0.816. The van der Waals surface area contributed by atoms with Crippen LogP contribution in [0.5, 0.6) is 0 Å². The minimum absolute atomic E-state index is 0. The summed E-state index contributed by atoms with van der Waals surface area (Å²) in [6.07, 6.45) is 2.87. The van der Waals surface area contributed by atoms with Crippen molar-refractivity contribution in [3.63, 3.8) is 0 Å². The zero-order valence-electron chi connectivity index (χ0n) is 12.8. The van der Waals surface area contributed by atoms with Crippen molar-refractivity contribution >= 4 is 18.3 Å². The first-order chi connectivity index (χ1) is 8.36. The van der Waals surface area contributed by atoms with Gasteiger partial charge in [-0.15, -0.1) is 12.4 Å². The molecule has 3 atom stereocenters. The summed E-state index contributed by atoms with van der Waals surface area (Å²) in [5, 5.41) is 0. The molecule has 19 heavy (non-hydrogen) atoms. The molecule has 0 saturated heterocycles. The Bertz CT molecular complexity index is 297. The smallest absolute Gasteiger partial charge is 0.239 e. The van der Waals surface area contributed by atoms with Gasteiger partial charge < -0.3 is 15.4 Å². The first-order valence-corrected chi connectivity index (χ1v) is 7.00. The normalized spacial score (nSPS) is 26.0. The highest BCUT2D eigenvalue weighted by Gasteiger charge is 2.52. The number of likely N-dealkylation sites (N-methyl/N-ethyl adjacent to an activating group) is 1. The Morgan fingerprint density at radius 2 is 2.05 bits per heavy atom. The first kappa shape index (κ1) is 18.7. The summed E-state index contributed by atoms with van der Waals surface area (Å²) in [6, 6.07) is -0.119. The number of rotatable bonds is 6. The van der Waals surface area contributed by atoms with Gasteiger partial charge in [0.2, 0.25) is 5.91 Å². The van der Waals surface area contributed by atoms with E-state index in [1.807, 2.05) is 25.8 Å². The van der Waals surface area contributed by atoms with E-state index in [0.717, 1.165) is 25.9 Å². The Labute approximate surface area is 123 Å². The second kappa shape index (κ2) is 7.46. The van der Waals surface area contributed by atoms with Crippen LogP contribution in [0, 0.1) is 5.41 Å². The van der Waals surface area contributed by atoms with Crippen LogP contribution in [0.1, 0.15) is 47.0 Å². The van der Waals surface area contributed by atoms with Crippen molar-refractivity contribution in [3.8, 4) is 0 Å². The van der Waals surface area contributed by atoms with Crippen molar-refractivity contribution in [2.24, 2.45) is 11.1 Å². The lowest BCUT2D eigenvalue weighted by molar-refractivity contribution is -0.164. The summed E-state index contributed by atoms with van der Waals surface area (Å²) in [5.74, 6) is 0.0601. The molecule has 0 bridgehead atoms. The van der Waals surface area contributed by atoms with Crippen molar-refractivity contribution in [2.45, 2.75) is 65.1 Å². The van der Waals surface area contributed by atoms with Gasteiger partial charge in [-0.2, -0.15) is 0 Å². The topological polar surface area (TPSA) is 55.6 Å². The van der Waals surface area contributed by atoms with Gasteiger partial charge in [-0.05, 0) is 19.8 Å². The number of nitrogens with two attached hydrogens (primary N) is 1. The lowest BCUT2D eigenvalue weighted by Crippen LogP contribution is -2.64. The Morgan fingerprint density at radius 1 is 1.47 bits per heavy atom. The summed E-state index contributed by atoms with van der Waals surface area (Å²) >= 11 is 0. The third-order valence-corrected chi connectivity index (χ3v) is 4.23. The maximum Gasteiger partial charge on any atom is 0.239 e. The van der Waals surface area contributed by atoms with Crippen LogP contribution in [0.4, 0.5) is 0 Å². The number of carbonyl (C=O) groups excluding carboxylic acids is 1. The number of carbonyl (C=O) groups is 1. The van der Waals surface area contributed by atoms with Crippen LogP contribution < -0.4 is 5.73 Å². The molecule has 114 valence electrons.